The predicted octanol–water partition coefficient (Wildman–Crippen LogP) is 1.66. The summed E-state index contributed by atoms with van der Waals surface area (Å²) in [5.41, 5.74) is 15.0. The highest BCUT2D eigenvalue weighted by molar-refractivity contribution is 6.13. The van der Waals surface area contributed by atoms with Gasteiger partial charge in [0, 0.05) is 30.6 Å². The molecule has 36 heavy (non-hydrogen) atoms. The number of piperidine rings is 1. The summed E-state index contributed by atoms with van der Waals surface area (Å²) in [6.07, 6.45) is 4.70. The Hall–Kier alpha value is -3.56. The van der Waals surface area contributed by atoms with Gasteiger partial charge in [-0.05, 0) is 80.1 Å². The minimum absolute atomic E-state index is 0.254. The molecule has 0 saturated carbocycles. The van der Waals surface area contributed by atoms with Gasteiger partial charge in [0.05, 0.1) is 0 Å². The first-order valence-corrected chi connectivity index (χ1v) is 12.2. The Morgan fingerprint density at radius 1 is 1.03 bits per heavy atom. The molecule has 0 aromatic heterocycles. The summed E-state index contributed by atoms with van der Waals surface area (Å²) in [5.74, 6) is -2.64. The largest absolute Gasteiger partial charge is 0.479 e. The number of benzene rings is 2. The average Bonchev–Trinajstić information content (AvgIpc) is 3.35. The van der Waals surface area contributed by atoms with Crippen molar-refractivity contribution in [3.63, 3.8) is 0 Å². The maximum absolute atomic E-state index is 12.8. The standard InChI is InChI=1S/C17H23N3O4.C10H11NO/c1-11(21)20(14-5-7-19-8-6-14)15(17(23)24)16(22)13-4-2-3-12(9-13)10-18;11-10(12)9-5-4-7-2-1-3-8(7)6-9/h2-4,9,14-15,19H,5-8,10,18H2,1H3,(H,23,24);4-6H,1-3H2,(H2,11,12)/t15-;/m0./s1. The zero-order chi connectivity index (χ0) is 26.2. The Morgan fingerprint density at radius 2 is 1.72 bits per heavy atom. The first-order chi connectivity index (χ1) is 17.2. The van der Waals surface area contributed by atoms with Gasteiger partial charge in [-0.1, -0.05) is 24.3 Å². The van der Waals surface area contributed by atoms with Crippen LogP contribution >= 0.6 is 0 Å². The maximum Gasteiger partial charge on any atom is 0.334 e. The molecule has 9 heteroatoms. The van der Waals surface area contributed by atoms with Gasteiger partial charge in [0.2, 0.25) is 11.8 Å². The van der Waals surface area contributed by atoms with Crippen molar-refractivity contribution >= 4 is 23.6 Å². The molecular weight excluding hydrogens is 460 g/mol. The molecule has 1 aliphatic carbocycles. The number of ketones is 1. The number of amides is 2. The predicted molar refractivity (Wildman–Crippen MR) is 135 cm³/mol. The molecule has 6 N–H and O–H groups in total. The second-order valence-electron chi connectivity index (χ2n) is 9.12. The summed E-state index contributed by atoms with van der Waals surface area (Å²) in [4.78, 5) is 48.8. The van der Waals surface area contributed by atoms with E-state index in [9.17, 15) is 24.3 Å². The Labute approximate surface area is 210 Å². The molecule has 0 radical (unpaired) electrons. The first kappa shape index (κ1) is 27.0. The molecule has 0 unspecified atom stereocenters. The lowest BCUT2D eigenvalue weighted by Gasteiger charge is -2.37. The summed E-state index contributed by atoms with van der Waals surface area (Å²) in [6, 6.07) is 10.5. The SMILES string of the molecule is CC(=O)N(C1CCNCC1)[C@H](C(=O)O)C(=O)c1cccc(CN)c1.NC(=O)c1ccc2c(c1)CCC2. The Morgan fingerprint density at radius 3 is 2.33 bits per heavy atom. The van der Waals surface area contributed by atoms with Gasteiger partial charge in [-0.15, -0.1) is 0 Å². The zero-order valence-corrected chi connectivity index (χ0v) is 20.5. The van der Waals surface area contributed by atoms with Gasteiger partial charge in [-0.2, -0.15) is 0 Å². The van der Waals surface area contributed by atoms with Crippen molar-refractivity contribution in [3.8, 4) is 0 Å². The Bertz CT molecular complexity index is 1130. The molecule has 1 aliphatic heterocycles. The number of hydrogen-bond acceptors (Lipinski definition) is 6. The number of nitrogens with one attached hydrogen (secondary N) is 1. The molecule has 192 valence electrons. The topological polar surface area (TPSA) is 156 Å². The molecule has 0 spiro atoms. The number of carboxylic acid groups (broad SMARTS) is 1. The molecule has 9 nitrogen and oxygen atoms in total. The minimum Gasteiger partial charge on any atom is -0.479 e. The van der Waals surface area contributed by atoms with Crippen LogP contribution in [0.25, 0.3) is 0 Å². The van der Waals surface area contributed by atoms with Crippen LogP contribution in [0.2, 0.25) is 0 Å². The lowest BCUT2D eigenvalue weighted by molar-refractivity contribution is -0.149. The fourth-order valence-electron chi connectivity index (χ4n) is 4.83. The van der Waals surface area contributed by atoms with E-state index in [-0.39, 0.29) is 24.1 Å². The molecule has 1 heterocycles. The number of carbonyl (C=O) groups excluding carboxylic acids is 3. The van der Waals surface area contributed by atoms with Crippen LogP contribution in [0.15, 0.2) is 42.5 Å². The number of hydrogen-bond donors (Lipinski definition) is 4. The van der Waals surface area contributed by atoms with Gasteiger partial charge in [0.25, 0.3) is 0 Å². The average molecular weight is 495 g/mol. The lowest BCUT2D eigenvalue weighted by atomic mass is 9.96. The highest BCUT2D eigenvalue weighted by Gasteiger charge is 2.39. The van der Waals surface area contributed by atoms with E-state index in [1.165, 1.54) is 29.4 Å². The molecular formula is C27H34N4O5. The molecule has 2 amide bonds. The molecule has 1 fully saturated rings. The summed E-state index contributed by atoms with van der Waals surface area (Å²) in [5, 5.41) is 12.8. The van der Waals surface area contributed by atoms with Crippen molar-refractivity contribution in [3.05, 3.63) is 70.3 Å². The fourth-order valence-corrected chi connectivity index (χ4v) is 4.83. The molecule has 1 saturated heterocycles. The van der Waals surface area contributed by atoms with E-state index in [4.69, 9.17) is 11.5 Å². The number of fused-ring (bicyclic) bond motifs is 1. The van der Waals surface area contributed by atoms with Crippen molar-refractivity contribution in [2.75, 3.05) is 13.1 Å². The van der Waals surface area contributed by atoms with Crippen LogP contribution in [0.4, 0.5) is 0 Å². The van der Waals surface area contributed by atoms with Crippen LogP contribution in [0.3, 0.4) is 0 Å². The molecule has 0 bridgehead atoms. The van der Waals surface area contributed by atoms with Crippen LogP contribution in [-0.4, -0.2) is 58.7 Å². The van der Waals surface area contributed by atoms with E-state index in [1.807, 2.05) is 18.2 Å². The third-order valence-electron chi connectivity index (χ3n) is 6.66. The molecule has 1 atom stereocenters. The van der Waals surface area contributed by atoms with Crippen molar-refractivity contribution in [1.29, 1.82) is 0 Å². The summed E-state index contributed by atoms with van der Waals surface area (Å²) < 4.78 is 0. The van der Waals surface area contributed by atoms with Crippen LogP contribution < -0.4 is 16.8 Å². The smallest absolute Gasteiger partial charge is 0.334 e. The highest BCUT2D eigenvalue weighted by atomic mass is 16.4. The van der Waals surface area contributed by atoms with Gasteiger partial charge in [0.1, 0.15) is 0 Å². The summed E-state index contributed by atoms with van der Waals surface area (Å²) in [6.45, 7) is 2.94. The van der Waals surface area contributed by atoms with Gasteiger partial charge in [-0.25, -0.2) is 4.79 Å². The number of rotatable bonds is 7. The van der Waals surface area contributed by atoms with Crippen molar-refractivity contribution in [2.45, 2.75) is 57.7 Å². The summed E-state index contributed by atoms with van der Waals surface area (Å²) in [7, 11) is 0. The van der Waals surface area contributed by atoms with E-state index in [0.29, 0.717) is 31.5 Å². The monoisotopic (exact) mass is 494 g/mol. The Balaban J connectivity index is 0.000000249. The van der Waals surface area contributed by atoms with E-state index in [2.05, 4.69) is 5.32 Å². The van der Waals surface area contributed by atoms with E-state index >= 15 is 0 Å². The lowest BCUT2D eigenvalue weighted by Crippen LogP contribution is -2.56. The number of nitrogens with zero attached hydrogens (tertiary/aromatic N) is 1. The van der Waals surface area contributed by atoms with Gasteiger partial charge in [-0.3, -0.25) is 14.4 Å². The van der Waals surface area contributed by atoms with Crippen LogP contribution in [0, 0.1) is 0 Å². The van der Waals surface area contributed by atoms with E-state index < -0.39 is 23.7 Å². The first-order valence-electron chi connectivity index (χ1n) is 12.2. The number of primary amides is 1. The zero-order valence-electron chi connectivity index (χ0n) is 20.5. The third-order valence-corrected chi connectivity index (χ3v) is 6.66. The maximum atomic E-state index is 12.8. The highest BCUT2D eigenvalue weighted by Crippen LogP contribution is 2.22. The molecule has 2 aliphatic rings. The normalized spacial score (nSPS) is 15.7. The van der Waals surface area contributed by atoms with Crippen molar-refractivity contribution < 1.29 is 24.3 Å². The summed E-state index contributed by atoms with van der Waals surface area (Å²) >= 11 is 0. The quantitative estimate of drug-likeness (QED) is 0.337. The Kier molecular flexibility index (Phi) is 9.32. The number of carbonyl (C=O) groups is 4. The fraction of sp³-hybridized carbons (Fsp3) is 0.407. The number of aliphatic carboxylic acids is 1. The van der Waals surface area contributed by atoms with Gasteiger partial charge in [0.15, 0.2) is 11.8 Å². The van der Waals surface area contributed by atoms with Crippen LogP contribution in [0.1, 0.15) is 63.6 Å². The van der Waals surface area contributed by atoms with Crippen LogP contribution in [-0.2, 0) is 29.0 Å². The number of Topliss-reactive ketones (excluding diaryl/α,β-unsaturated/α-hetero) is 1. The number of carboxylic acids is 1. The molecule has 2 aromatic carbocycles. The number of nitrogens with two attached hydrogens (primary N) is 2. The van der Waals surface area contributed by atoms with E-state index in [0.717, 1.165) is 18.4 Å². The molecule has 2 aromatic rings. The minimum atomic E-state index is -1.52. The van der Waals surface area contributed by atoms with Crippen LogP contribution in [0.5, 0.6) is 0 Å². The second-order valence-corrected chi connectivity index (χ2v) is 9.12. The van der Waals surface area contributed by atoms with Crippen molar-refractivity contribution in [2.24, 2.45) is 11.5 Å². The third kappa shape index (κ3) is 6.56. The number of aryl methyl sites for hydroxylation is 2. The van der Waals surface area contributed by atoms with Crippen molar-refractivity contribution in [1.82, 2.24) is 10.2 Å². The van der Waals surface area contributed by atoms with Gasteiger partial charge >= 0.3 is 5.97 Å². The second kappa shape index (κ2) is 12.4. The van der Waals surface area contributed by atoms with E-state index in [1.54, 1.807) is 24.3 Å². The van der Waals surface area contributed by atoms with Gasteiger partial charge < -0.3 is 26.8 Å². The molecule has 4 rings (SSSR count).